The molecule has 0 aliphatic carbocycles. The van der Waals surface area contributed by atoms with E-state index in [1.54, 1.807) is 0 Å². The number of hydrogen-bond acceptors (Lipinski definition) is 3. The van der Waals surface area contributed by atoms with Crippen LogP contribution in [0.15, 0.2) is 18.5 Å². The summed E-state index contributed by atoms with van der Waals surface area (Å²) in [5.74, 6) is 0.624. The standard InChI is InChI=1S/C14H23N5/c1-11(2)9-19-6-5-14(17-19)8-15-7-13-10-18(4)16-12(13)3/h5-6,10-11,15H,7-9H2,1-4H3. The molecular formula is C14H23N5. The van der Waals surface area contributed by atoms with Gasteiger partial charge in [-0.3, -0.25) is 9.36 Å². The van der Waals surface area contributed by atoms with Crippen LogP contribution in [0.4, 0.5) is 0 Å². The molecular weight excluding hydrogens is 238 g/mol. The molecule has 0 saturated carbocycles. The van der Waals surface area contributed by atoms with Crippen LogP contribution < -0.4 is 5.32 Å². The summed E-state index contributed by atoms with van der Waals surface area (Å²) in [5, 5.41) is 12.3. The molecule has 0 radical (unpaired) electrons. The van der Waals surface area contributed by atoms with E-state index in [0.29, 0.717) is 5.92 Å². The SMILES string of the molecule is Cc1nn(C)cc1CNCc1ccn(CC(C)C)n1. The van der Waals surface area contributed by atoms with Crippen molar-refractivity contribution in [3.05, 3.63) is 35.4 Å². The van der Waals surface area contributed by atoms with Gasteiger partial charge < -0.3 is 5.32 Å². The zero-order chi connectivity index (χ0) is 13.8. The molecule has 5 nitrogen and oxygen atoms in total. The molecule has 1 N–H and O–H groups in total. The fourth-order valence-electron chi connectivity index (χ4n) is 2.12. The molecule has 0 amide bonds. The Morgan fingerprint density at radius 2 is 2.05 bits per heavy atom. The summed E-state index contributed by atoms with van der Waals surface area (Å²) in [5.41, 5.74) is 3.41. The normalized spacial score (nSPS) is 11.4. The third-order valence-corrected chi connectivity index (χ3v) is 2.98. The fourth-order valence-corrected chi connectivity index (χ4v) is 2.12. The first-order valence-electron chi connectivity index (χ1n) is 6.76. The van der Waals surface area contributed by atoms with Crippen LogP contribution in [-0.2, 0) is 26.7 Å². The van der Waals surface area contributed by atoms with Crippen molar-refractivity contribution in [1.82, 2.24) is 24.9 Å². The topological polar surface area (TPSA) is 47.7 Å². The van der Waals surface area contributed by atoms with Gasteiger partial charge in [-0.25, -0.2) is 0 Å². The van der Waals surface area contributed by atoms with Crippen molar-refractivity contribution in [2.75, 3.05) is 0 Å². The van der Waals surface area contributed by atoms with Gasteiger partial charge in [0.2, 0.25) is 0 Å². The van der Waals surface area contributed by atoms with E-state index in [9.17, 15) is 0 Å². The van der Waals surface area contributed by atoms with Crippen LogP contribution in [0.2, 0.25) is 0 Å². The minimum absolute atomic E-state index is 0.624. The summed E-state index contributed by atoms with van der Waals surface area (Å²) >= 11 is 0. The number of nitrogens with one attached hydrogen (secondary N) is 1. The summed E-state index contributed by atoms with van der Waals surface area (Å²) in [6.07, 6.45) is 4.10. The van der Waals surface area contributed by atoms with Gasteiger partial charge in [0.25, 0.3) is 0 Å². The van der Waals surface area contributed by atoms with E-state index in [0.717, 1.165) is 31.0 Å². The molecule has 2 aromatic heterocycles. The second-order valence-electron chi connectivity index (χ2n) is 5.44. The second kappa shape index (κ2) is 6.02. The molecule has 0 spiro atoms. The molecule has 2 heterocycles. The Morgan fingerprint density at radius 1 is 1.26 bits per heavy atom. The monoisotopic (exact) mass is 261 g/mol. The van der Waals surface area contributed by atoms with E-state index in [1.807, 2.05) is 29.5 Å². The molecule has 19 heavy (non-hydrogen) atoms. The van der Waals surface area contributed by atoms with Gasteiger partial charge in [-0.1, -0.05) is 13.8 Å². The maximum Gasteiger partial charge on any atom is 0.0762 e. The summed E-state index contributed by atoms with van der Waals surface area (Å²) in [6.45, 7) is 9.03. The highest BCUT2D eigenvalue weighted by Gasteiger charge is 2.04. The maximum absolute atomic E-state index is 4.54. The Kier molecular flexibility index (Phi) is 4.37. The molecule has 0 saturated heterocycles. The van der Waals surface area contributed by atoms with Gasteiger partial charge in [-0.15, -0.1) is 0 Å². The minimum Gasteiger partial charge on any atom is -0.307 e. The molecule has 0 aliphatic heterocycles. The summed E-state index contributed by atoms with van der Waals surface area (Å²) in [4.78, 5) is 0. The molecule has 0 aromatic carbocycles. The van der Waals surface area contributed by atoms with Gasteiger partial charge in [0.15, 0.2) is 0 Å². The molecule has 2 aromatic rings. The number of hydrogen-bond donors (Lipinski definition) is 1. The fraction of sp³-hybridized carbons (Fsp3) is 0.571. The highest BCUT2D eigenvalue weighted by atomic mass is 15.3. The average Bonchev–Trinajstić information content (AvgIpc) is 2.86. The molecule has 0 unspecified atom stereocenters. The molecule has 2 rings (SSSR count). The zero-order valence-electron chi connectivity index (χ0n) is 12.2. The van der Waals surface area contributed by atoms with Gasteiger partial charge in [0, 0.05) is 44.6 Å². The van der Waals surface area contributed by atoms with E-state index in [2.05, 4.69) is 41.6 Å². The lowest BCUT2D eigenvalue weighted by atomic mass is 10.2. The van der Waals surface area contributed by atoms with E-state index in [4.69, 9.17) is 0 Å². The summed E-state index contributed by atoms with van der Waals surface area (Å²) in [6, 6.07) is 2.07. The molecule has 0 fully saturated rings. The van der Waals surface area contributed by atoms with Gasteiger partial charge in [0.05, 0.1) is 11.4 Å². The van der Waals surface area contributed by atoms with E-state index < -0.39 is 0 Å². The molecule has 5 heteroatoms. The smallest absolute Gasteiger partial charge is 0.0762 e. The quantitative estimate of drug-likeness (QED) is 0.863. The third kappa shape index (κ3) is 3.92. The Balaban J connectivity index is 1.82. The first kappa shape index (κ1) is 13.8. The van der Waals surface area contributed by atoms with Crippen LogP contribution in [-0.4, -0.2) is 19.6 Å². The van der Waals surface area contributed by atoms with Crippen LogP contribution in [0.1, 0.15) is 30.8 Å². The maximum atomic E-state index is 4.54. The van der Waals surface area contributed by atoms with E-state index in [1.165, 1.54) is 5.56 Å². The zero-order valence-corrected chi connectivity index (χ0v) is 12.2. The highest BCUT2D eigenvalue weighted by Crippen LogP contribution is 2.05. The number of nitrogens with zero attached hydrogens (tertiary/aromatic N) is 4. The van der Waals surface area contributed by atoms with Gasteiger partial charge in [-0.05, 0) is 18.9 Å². The van der Waals surface area contributed by atoms with Crippen LogP contribution in [0, 0.1) is 12.8 Å². The van der Waals surface area contributed by atoms with Crippen molar-refractivity contribution in [1.29, 1.82) is 0 Å². The van der Waals surface area contributed by atoms with E-state index >= 15 is 0 Å². The molecule has 0 atom stereocenters. The van der Waals surface area contributed by atoms with Crippen LogP contribution in [0.5, 0.6) is 0 Å². The van der Waals surface area contributed by atoms with E-state index in [-0.39, 0.29) is 0 Å². The Morgan fingerprint density at radius 3 is 2.68 bits per heavy atom. The van der Waals surface area contributed by atoms with Crippen molar-refractivity contribution < 1.29 is 0 Å². The van der Waals surface area contributed by atoms with Crippen molar-refractivity contribution in [3.8, 4) is 0 Å². The molecule has 104 valence electrons. The number of aromatic nitrogens is 4. The second-order valence-corrected chi connectivity index (χ2v) is 5.44. The summed E-state index contributed by atoms with van der Waals surface area (Å²) in [7, 11) is 1.95. The Labute approximate surface area is 114 Å². The Hall–Kier alpha value is -1.62. The van der Waals surface area contributed by atoms with Crippen LogP contribution >= 0.6 is 0 Å². The largest absolute Gasteiger partial charge is 0.307 e. The summed E-state index contributed by atoms with van der Waals surface area (Å²) < 4.78 is 3.86. The average molecular weight is 261 g/mol. The number of aryl methyl sites for hydroxylation is 2. The first-order chi connectivity index (χ1) is 9.04. The van der Waals surface area contributed by atoms with Crippen LogP contribution in [0.25, 0.3) is 0 Å². The predicted octanol–water partition coefficient (Wildman–Crippen LogP) is 1.87. The van der Waals surface area contributed by atoms with Crippen LogP contribution in [0.3, 0.4) is 0 Å². The minimum atomic E-state index is 0.624. The predicted molar refractivity (Wildman–Crippen MR) is 75.6 cm³/mol. The van der Waals surface area contributed by atoms with Crippen molar-refractivity contribution in [2.45, 2.75) is 40.4 Å². The molecule has 0 aliphatic rings. The lowest BCUT2D eigenvalue weighted by molar-refractivity contribution is 0.477. The van der Waals surface area contributed by atoms with Crippen molar-refractivity contribution >= 4 is 0 Å². The van der Waals surface area contributed by atoms with Gasteiger partial charge in [0.1, 0.15) is 0 Å². The van der Waals surface area contributed by atoms with Gasteiger partial charge in [-0.2, -0.15) is 10.2 Å². The Bertz CT molecular complexity index is 524. The number of rotatable bonds is 6. The van der Waals surface area contributed by atoms with Crippen molar-refractivity contribution in [2.24, 2.45) is 13.0 Å². The lowest BCUT2D eigenvalue weighted by Gasteiger charge is -2.04. The first-order valence-corrected chi connectivity index (χ1v) is 6.76. The third-order valence-electron chi connectivity index (χ3n) is 2.98. The highest BCUT2D eigenvalue weighted by molar-refractivity contribution is 5.15. The van der Waals surface area contributed by atoms with Gasteiger partial charge >= 0.3 is 0 Å². The van der Waals surface area contributed by atoms with Crippen molar-refractivity contribution in [3.63, 3.8) is 0 Å². The molecule has 0 bridgehead atoms. The lowest BCUT2D eigenvalue weighted by Crippen LogP contribution is -2.14.